The summed E-state index contributed by atoms with van der Waals surface area (Å²) in [5, 5.41) is 23.1. The van der Waals surface area contributed by atoms with Crippen molar-refractivity contribution in [1.29, 1.82) is 0 Å². The van der Waals surface area contributed by atoms with Gasteiger partial charge in [0.1, 0.15) is 0 Å². The topological polar surface area (TPSA) is 69.6 Å². The Morgan fingerprint density at radius 3 is 1.11 bits per heavy atom. The molecule has 0 radical (unpaired) electrons. The van der Waals surface area contributed by atoms with Gasteiger partial charge in [0.15, 0.2) is 0 Å². The lowest BCUT2D eigenvalue weighted by atomic mass is 10.0. The third-order valence-corrected chi connectivity index (χ3v) is 11.5. The molecule has 0 saturated carbocycles. The summed E-state index contributed by atoms with van der Waals surface area (Å²) >= 11 is 0. The zero-order valence-corrected chi connectivity index (χ0v) is 41.3. The van der Waals surface area contributed by atoms with Crippen LogP contribution in [0, 0.1) is 0 Å². The third kappa shape index (κ3) is 49.9. The van der Waals surface area contributed by atoms with Crippen LogP contribution in [0.25, 0.3) is 0 Å². The molecule has 0 aliphatic heterocycles. The van der Waals surface area contributed by atoms with Crippen LogP contribution in [-0.2, 0) is 4.79 Å². The number of hydrogen-bond donors (Lipinski definition) is 3. The van der Waals surface area contributed by atoms with Crippen LogP contribution >= 0.6 is 0 Å². The molecule has 4 nitrogen and oxygen atoms in total. The standard InChI is InChI=1S/C59H101NO3/c1-3-5-7-9-11-13-15-17-19-21-23-24-25-26-27-28-29-30-31-32-33-34-35-36-37-39-41-43-45-47-49-51-53-55-59(63)60-57(56-61)58(62)54-52-50-48-46-44-42-40-38-22-20-18-16-14-12-10-8-6-4-2/h5,7,11,13,17,19,23-24,26-27,29-30,32-33,44,46,52,54,57-58,61-62H,3-4,6,8-10,12,14-16,18,20-22,25,28,31,34-43,45,47-51,53,55-56H2,1-2H3,(H,60,63)/b7-5-,13-11-,19-17-,24-23-,27-26-,30-29-,33-32-,46-44+,54-52+. The largest absolute Gasteiger partial charge is 0.394 e. The van der Waals surface area contributed by atoms with E-state index in [1.807, 2.05) is 6.08 Å². The molecule has 63 heavy (non-hydrogen) atoms. The summed E-state index contributed by atoms with van der Waals surface area (Å²) < 4.78 is 0. The van der Waals surface area contributed by atoms with Crippen LogP contribution in [-0.4, -0.2) is 34.9 Å². The van der Waals surface area contributed by atoms with Gasteiger partial charge in [0.2, 0.25) is 5.91 Å². The molecule has 3 N–H and O–H groups in total. The Morgan fingerprint density at radius 1 is 0.397 bits per heavy atom. The van der Waals surface area contributed by atoms with Crippen LogP contribution in [0.2, 0.25) is 0 Å². The Balaban J connectivity index is 3.61. The highest BCUT2D eigenvalue weighted by Crippen LogP contribution is 2.15. The lowest BCUT2D eigenvalue weighted by Crippen LogP contribution is -2.45. The van der Waals surface area contributed by atoms with E-state index in [0.29, 0.717) is 6.42 Å². The van der Waals surface area contributed by atoms with Crippen LogP contribution in [0.4, 0.5) is 0 Å². The van der Waals surface area contributed by atoms with E-state index in [0.717, 1.165) is 77.0 Å². The Morgan fingerprint density at radius 2 is 0.714 bits per heavy atom. The van der Waals surface area contributed by atoms with Gasteiger partial charge in [-0.05, 0) is 89.9 Å². The molecule has 0 aromatic carbocycles. The second-order valence-electron chi connectivity index (χ2n) is 17.6. The zero-order chi connectivity index (χ0) is 45.6. The molecule has 0 aliphatic carbocycles. The number of rotatable bonds is 47. The molecule has 0 bridgehead atoms. The first-order chi connectivity index (χ1) is 31.2. The molecule has 0 aromatic heterocycles. The van der Waals surface area contributed by atoms with Gasteiger partial charge in [-0.15, -0.1) is 0 Å². The molecule has 0 saturated heterocycles. The van der Waals surface area contributed by atoms with Gasteiger partial charge in [-0.25, -0.2) is 0 Å². The molecule has 0 spiro atoms. The summed E-state index contributed by atoms with van der Waals surface area (Å²) in [6.07, 6.45) is 80.8. The molecule has 0 aliphatic rings. The Labute approximate surface area is 391 Å². The van der Waals surface area contributed by atoms with E-state index in [-0.39, 0.29) is 12.5 Å². The first-order valence-electron chi connectivity index (χ1n) is 26.6. The van der Waals surface area contributed by atoms with Crippen molar-refractivity contribution >= 4 is 5.91 Å². The van der Waals surface area contributed by atoms with Gasteiger partial charge in [0.05, 0.1) is 18.8 Å². The second-order valence-corrected chi connectivity index (χ2v) is 17.6. The third-order valence-electron chi connectivity index (χ3n) is 11.5. The summed E-state index contributed by atoms with van der Waals surface area (Å²) in [5.74, 6) is -0.0809. The van der Waals surface area contributed by atoms with Crippen molar-refractivity contribution in [3.05, 3.63) is 109 Å². The van der Waals surface area contributed by atoms with Crippen LogP contribution in [0.3, 0.4) is 0 Å². The molecule has 4 heteroatoms. The number of nitrogens with one attached hydrogen (secondary N) is 1. The minimum atomic E-state index is -0.870. The van der Waals surface area contributed by atoms with Gasteiger partial charge in [-0.3, -0.25) is 4.79 Å². The minimum absolute atomic E-state index is 0.0809. The monoisotopic (exact) mass is 872 g/mol. The average molecular weight is 872 g/mol. The van der Waals surface area contributed by atoms with Crippen molar-refractivity contribution in [3.8, 4) is 0 Å². The van der Waals surface area contributed by atoms with Crippen LogP contribution in [0.15, 0.2) is 109 Å². The Kier molecular flexibility index (Phi) is 50.9. The van der Waals surface area contributed by atoms with Crippen molar-refractivity contribution in [2.75, 3.05) is 6.61 Å². The van der Waals surface area contributed by atoms with Gasteiger partial charge >= 0.3 is 0 Å². The minimum Gasteiger partial charge on any atom is -0.394 e. The molecule has 0 rings (SSSR count). The van der Waals surface area contributed by atoms with Gasteiger partial charge in [-0.1, -0.05) is 252 Å². The van der Waals surface area contributed by atoms with E-state index in [9.17, 15) is 15.0 Å². The van der Waals surface area contributed by atoms with E-state index >= 15 is 0 Å². The number of aliphatic hydroxyl groups excluding tert-OH is 2. The summed E-state index contributed by atoms with van der Waals surface area (Å²) in [4.78, 5) is 12.4. The van der Waals surface area contributed by atoms with Crippen molar-refractivity contribution in [2.24, 2.45) is 0 Å². The predicted octanol–water partition coefficient (Wildman–Crippen LogP) is 17.5. The maximum absolute atomic E-state index is 12.4. The summed E-state index contributed by atoms with van der Waals surface area (Å²) in [7, 11) is 0. The molecule has 0 fully saturated rings. The van der Waals surface area contributed by atoms with E-state index in [1.54, 1.807) is 6.08 Å². The van der Waals surface area contributed by atoms with E-state index in [1.165, 1.54) is 141 Å². The highest BCUT2D eigenvalue weighted by molar-refractivity contribution is 5.76. The fraction of sp³-hybridized carbons (Fsp3) is 0.678. The SMILES string of the molecule is CC/C=C\C/C=C\C/C=C\C/C=C\C/C=C\C/C=C\C/C=C\CCCCCCCCCCCCCC(=O)NC(CO)C(O)/C=C/CC/C=C/CCCCCCCCCCCCCC. The quantitative estimate of drug-likeness (QED) is 0.0421. The molecular formula is C59H101NO3. The summed E-state index contributed by atoms with van der Waals surface area (Å²) in [5.41, 5.74) is 0. The molecule has 2 unspecified atom stereocenters. The highest BCUT2D eigenvalue weighted by atomic mass is 16.3. The maximum atomic E-state index is 12.4. The van der Waals surface area contributed by atoms with E-state index in [4.69, 9.17) is 0 Å². The van der Waals surface area contributed by atoms with Crippen molar-refractivity contribution in [1.82, 2.24) is 5.32 Å². The van der Waals surface area contributed by atoms with Gasteiger partial charge in [0, 0.05) is 6.42 Å². The lowest BCUT2D eigenvalue weighted by molar-refractivity contribution is -0.123. The summed E-state index contributed by atoms with van der Waals surface area (Å²) in [6, 6.07) is -0.648. The van der Waals surface area contributed by atoms with Crippen LogP contribution < -0.4 is 5.32 Å². The predicted molar refractivity (Wildman–Crippen MR) is 280 cm³/mol. The zero-order valence-electron chi connectivity index (χ0n) is 41.3. The number of carbonyl (C=O) groups is 1. The van der Waals surface area contributed by atoms with Gasteiger partial charge < -0.3 is 15.5 Å². The fourth-order valence-electron chi connectivity index (χ4n) is 7.47. The molecule has 0 aromatic rings. The number of hydrogen-bond acceptors (Lipinski definition) is 3. The van der Waals surface area contributed by atoms with Crippen LogP contribution in [0.1, 0.15) is 239 Å². The van der Waals surface area contributed by atoms with Gasteiger partial charge in [-0.2, -0.15) is 0 Å². The number of amides is 1. The first-order valence-corrected chi connectivity index (χ1v) is 26.6. The molecule has 2 atom stereocenters. The molecule has 360 valence electrons. The second kappa shape index (κ2) is 53.4. The normalized spacial score (nSPS) is 13.8. The smallest absolute Gasteiger partial charge is 0.220 e. The van der Waals surface area contributed by atoms with Gasteiger partial charge in [0.25, 0.3) is 0 Å². The van der Waals surface area contributed by atoms with E-state index in [2.05, 4.69) is 116 Å². The first kappa shape index (κ1) is 60.1. The summed E-state index contributed by atoms with van der Waals surface area (Å²) in [6.45, 7) is 4.18. The molecule has 1 amide bonds. The number of aliphatic hydroxyl groups is 2. The highest BCUT2D eigenvalue weighted by Gasteiger charge is 2.17. The number of carbonyl (C=O) groups excluding carboxylic acids is 1. The lowest BCUT2D eigenvalue weighted by Gasteiger charge is -2.19. The van der Waals surface area contributed by atoms with Crippen LogP contribution in [0.5, 0.6) is 0 Å². The maximum Gasteiger partial charge on any atom is 0.220 e. The van der Waals surface area contributed by atoms with Crippen molar-refractivity contribution in [2.45, 2.75) is 251 Å². The Hall–Kier alpha value is -2.95. The van der Waals surface area contributed by atoms with E-state index < -0.39 is 12.1 Å². The average Bonchev–Trinajstić information content (AvgIpc) is 3.29. The molecule has 0 heterocycles. The van der Waals surface area contributed by atoms with Crippen molar-refractivity contribution in [3.63, 3.8) is 0 Å². The number of unbranched alkanes of at least 4 members (excludes halogenated alkanes) is 24. The Bertz CT molecular complexity index is 1220. The number of allylic oxidation sites excluding steroid dienone is 17. The fourth-order valence-corrected chi connectivity index (χ4v) is 7.47. The molecular weight excluding hydrogens is 771 g/mol. The van der Waals surface area contributed by atoms with Crippen molar-refractivity contribution < 1.29 is 15.0 Å².